The van der Waals surface area contributed by atoms with E-state index in [1.54, 1.807) is 0 Å². The molecular weight excluding hydrogens is 243 g/mol. The predicted molar refractivity (Wildman–Crippen MR) is 51.8 cm³/mol. The zero-order chi connectivity index (χ0) is 11.8. The van der Waals surface area contributed by atoms with Crippen LogP contribution >= 0.6 is 11.6 Å². The Bertz CT molecular complexity index is 507. The number of rotatable bonds is 1. The van der Waals surface area contributed by atoms with Crippen molar-refractivity contribution in [1.82, 2.24) is 15.0 Å². The molecule has 0 aliphatic carbocycles. The zero-order valence-corrected chi connectivity index (χ0v) is 8.47. The SMILES string of the molecule is FC(F)(F)c1cnc(-c2cc(Cl)ccn2)[nH]1. The van der Waals surface area contributed by atoms with Crippen molar-refractivity contribution in [2.24, 2.45) is 0 Å². The molecule has 0 aliphatic rings. The van der Waals surface area contributed by atoms with Crippen LogP contribution in [0.1, 0.15) is 5.69 Å². The van der Waals surface area contributed by atoms with Crippen LogP contribution in [0.3, 0.4) is 0 Å². The Morgan fingerprint density at radius 2 is 2.00 bits per heavy atom. The van der Waals surface area contributed by atoms with Crippen molar-refractivity contribution in [3.05, 3.63) is 35.2 Å². The summed E-state index contributed by atoms with van der Waals surface area (Å²) in [4.78, 5) is 9.60. The van der Waals surface area contributed by atoms with E-state index in [1.807, 2.05) is 0 Å². The Labute approximate surface area is 93.3 Å². The quantitative estimate of drug-likeness (QED) is 0.841. The highest BCUT2D eigenvalue weighted by Crippen LogP contribution is 2.29. The number of pyridine rings is 1. The number of nitrogens with one attached hydrogen (secondary N) is 1. The molecule has 7 heteroatoms. The van der Waals surface area contributed by atoms with Gasteiger partial charge in [0.15, 0.2) is 5.82 Å². The summed E-state index contributed by atoms with van der Waals surface area (Å²) in [5.41, 5.74) is -0.646. The minimum atomic E-state index is -4.44. The number of nitrogens with zero attached hydrogens (tertiary/aromatic N) is 2. The Morgan fingerprint density at radius 3 is 2.56 bits per heavy atom. The molecule has 0 spiro atoms. The van der Waals surface area contributed by atoms with E-state index in [0.29, 0.717) is 5.02 Å². The summed E-state index contributed by atoms with van der Waals surface area (Å²) in [6.07, 6.45) is -2.32. The van der Waals surface area contributed by atoms with E-state index < -0.39 is 11.9 Å². The van der Waals surface area contributed by atoms with Gasteiger partial charge in [-0.05, 0) is 12.1 Å². The van der Waals surface area contributed by atoms with Gasteiger partial charge in [-0.25, -0.2) is 4.98 Å². The molecule has 2 heterocycles. The zero-order valence-electron chi connectivity index (χ0n) is 7.72. The van der Waals surface area contributed by atoms with Crippen LogP contribution in [0.2, 0.25) is 5.02 Å². The lowest BCUT2D eigenvalue weighted by atomic mass is 10.3. The molecule has 0 amide bonds. The van der Waals surface area contributed by atoms with Gasteiger partial charge in [-0.15, -0.1) is 0 Å². The third-order valence-corrected chi connectivity index (χ3v) is 2.08. The molecular formula is C9H5ClF3N3. The number of imidazole rings is 1. The maximum atomic E-state index is 12.3. The Morgan fingerprint density at radius 1 is 1.25 bits per heavy atom. The maximum Gasteiger partial charge on any atom is 0.432 e. The average Bonchev–Trinajstić information content (AvgIpc) is 2.65. The normalized spacial score (nSPS) is 11.8. The van der Waals surface area contributed by atoms with Gasteiger partial charge in [0.1, 0.15) is 11.4 Å². The molecule has 2 aromatic heterocycles. The molecule has 0 atom stereocenters. The van der Waals surface area contributed by atoms with Crippen LogP contribution < -0.4 is 0 Å². The fourth-order valence-electron chi connectivity index (χ4n) is 1.13. The Hall–Kier alpha value is -1.56. The Kier molecular flexibility index (Phi) is 2.59. The fourth-order valence-corrected chi connectivity index (χ4v) is 1.29. The number of hydrogen-bond donors (Lipinski definition) is 1. The van der Waals surface area contributed by atoms with Crippen molar-refractivity contribution in [1.29, 1.82) is 0 Å². The lowest BCUT2D eigenvalue weighted by Gasteiger charge is -2.01. The van der Waals surface area contributed by atoms with Gasteiger partial charge in [-0.2, -0.15) is 13.2 Å². The highest BCUT2D eigenvalue weighted by molar-refractivity contribution is 6.30. The van der Waals surface area contributed by atoms with Crippen LogP contribution in [0.25, 0.3) is 11.5 Å². The van der Waals surface area contributed by atoms with Crippen molar-refractivity contribution < 1.29 is 13.2 Å². The van der Waals surface area contributed by atoms with Gasteiger partial charge in [-0.3, -0.25) is 4.98 Å². The topological polar surface area (TPSA) is 41.6 Å². The van der Waals surface area contributed by atoms with Gasteiger partial charge in [-0.1, -0.05) is 11.6 Å². The highest BCUT2D eigenvalue weighted by atomic mass is 35.5. The molecule has 2 rings (SSSR count). The number of alkyl halides is 3. The first-order valence-electron chi connectivity index (χ1n) is 4.21. The van der Waals surface area contributed by atoms with Crippen LogP contribution in [0.5, 0.6) is 0 Å². The summed E-state index contributed by atoms with van der Waals surface area (Å²) in [7, 11) is 0. The fraction of sp³-hybridized carbons (Fsp3) is 0.111. The monoisotopic (exact) mass is 247 g/mol. The van der Waals surface area contributed by atoms with Crippen molar-refractivity contribution in [2.75, 3.05) is 0 Å². The first-order chi connectivity index (χ1) is 7.47. The number of hydrogen-bond acceptors (Lipinski definition) is 2. The van der Waals surface area contributed by atoms with E-state index in [-0.39, 0.29) is 11.5 Å². The first kappa shape index (κ1) is 10.9. The lowest BCUT2D eigenvalue weighted by Crippen LogP contribution is -2.04. The highest BCUT2D eigenvalue weighted by Gasteiger charge is 2.33. The number of H-pyrrole nitrogens is 1. The molecule has 0 aliphatic heterocycles. The molecule has 0 radical (unpaired) electrons. The second-order valence-electron chi connectivity index (χ2n) is 3.00. The molecule has 3 nitrogen and oxygen atoms in total. The van der Waals surface area contributed by atoms with Crippen LogP contribution in [-0.4, -0.2) is 15.0 Å². The summed E-state index contributed by atoms with van der Waals surface area (Å²) in [5, 5.41) is 0.384. The second-order valence-corrected chi connectivity index (χ2v) is 3.44. The van der Waals surface area contributed by atoms with Crippen LogP contribution in [0.4, 0.5) is 13.2 Å². The molecule has 0 fully saturated rings. The van der Waals surface area contributed by atoms with Gasteiger partial charge in [0.2, 0.25) is 0 Å². The molecule has 0 saturated heterocycles. The molecule has 16 heavy (non-hydrogen) atoms. The van der Waals surface area contributed by atoms with Crippen molar-refractivity contribution in [3.63, 3.8) is 0 Å². The van der Waals surface area contributed by atoms with E-state index in [2.05, 4.69) is 15.0 Å². The minimum absolute atomic E-state index is 0.0369. The lowest BCUT2D eigenvalue weighted by molar-refractivity contribution is -0.140. The van der Waals surface area contributed by atoms with Crippen molar-refractivity contribution >= 4 is 11.6 Å². The molecule has 2 aromatic rings. The van der Waals surface area contributed by atoms with Gasteiger partial charge in [0.25, 0.3) is 0 Å². The van der Waals surface area contributed by atoms with Gasteiger partial charge < -0.3 is 4.98 Å². The van der Waals surface area contributed by atoms with Crippen LogP contribution in [-0.2, 0) is 6.18 Å². The molecule has 84 valence electrons. The summed E-state index contributed by atoms with van der Waals surface area (Å²) >= 11 is 5.69. The smallest absolute Gasteiger partial charge is 0.333 e. The summed E-state index contributed by atoms with van der Waals surface area (Å²) in [6.45, 7) is 0. The third-order valence-electron chi connectivity index (χ3n) is 1.85. The summed E-state index contributed by atoms with van der Waals surface area (Å²) in [5.74, 6) is 0.0369. The predicted octanol–water partition coefficient (Wildman–Crippen LogP) is 3.14. The van der Waals surface area contributed by atoms with Gasteiger partial charge >= 0.3 is 6.18 Å². The number of halogens is 4. The Balaban J connectivity index is 2.39. The molecule has 0 bridgehead atoms. The van der Waals surface area contributed by atoms with E-state index in [9.17, 15) is 13.2 Å². The van der Waals surface area contributed by atoms with Crippen LogP contribution in [0, 0.1) is 0 Å². The first-order valence-corrected chi connectivity index (χ1v) is 4.59. The van der Waals surface area contributed by atoms with E-state index >= 15 is 0 Å². The van der Waals surface area contributed by atoms with Crippen LogP contribution in [0.15, 0.2) is 24.5 Å². The van der Waals surface area contributed by atoms with E-state index in [4.69, 9.17) is 11.6 Å². The molecule has 1 N–H and O–H groups in total. The van der Waals surface area contributed by atoms with Crippen molar-refractivity contribution in [2.45, 2.75) is 6.18 Å². The van der Waals surface area contributed by atoms with Gasteiger partial charge in [0.05, 0.1) is 6.20 Å². The summed E-state index contributed by atoms with van der Waals surface area (Å²) < 4.78 is 36.8. The molecule has 0 aromatic carbocycles. The number of aromatic nitrogens is 3. The van der Waals surface area contributed by atoms with Crippen molar-refractivity contribution in [3.8, 4) is 11.5 Å². The summed E-state index contributed by atoms with van der Waals surface area (Å²) in [6, 6.07) is 2.96. The largest absolute Gasteiger partial charge is 0.432 e. The van der Waals surface area contributed by atoms with E-state index in [1.165, 1.54) is 18.3 Å². The molecule has 0 saturated carbocycles. The standard InChI is InChI=1S/C9H5ClF3N3/c10-5-1-2-14-6(3-5)8-15-4-7(16-8)9(11,12)13/h1-4H,(H,15,16). The maximum absolute atomic E-state index is 12.3. The third kappa shape index (κ3) is 2.16. The van der Waals surface area contributed by atoms with Gasteiger partial charge in [0, 0.05) is 11.2 Å². The number of aromatic amines is 1. The average molecular weight is 248 g/mol. The molecule has 0 unspecified atom stereocenters. The minimum Gasteiger partial charge on any atom is -0.333 e. The second kappa shape index (κ2) is 3.79. The van der Waals surface area contributed by atoms with E-state index in [0.717, 1.165) is 6.20 Å².